The van der Waals surface area contributed by atoms with Crippen LogP contribution in [0.1, 0.15) is 19.4 Å². The molecule has 0 atom stereocenters. The lowest BCUT2D eigenvalue weighted by molar-refractivity contribution is 0.315. The second-order valence-electron chi connectivity index (χ2n) is 7.10. The fraction of sp³-hybridized carbons (Fsp3) is 0.450. The van der Waals surface area contributed by atoms with E-state index in [4.69, 9.17) is 23.2 Å². The molecule has 3 rings (SSSR count). The third kappa shape index (κ3) is 4.26. The van der Waals surface area contributed by atoms with E-state index in [2.05, 4.69) is 29.0 Å². The van der Waals surface area contributed by atoms with Crippen LogP contribution in [0.3, 0.4) is 0 Å². The van der Waals surface area contributed by atoms with Crippen molar-refractivity contribution < 1.29 is 0 Å². The minimum atomic E-state index is -0.415. The number of likely N-dealkylation sites (N-methyl/N-ethyl adjacent to an activating group) is 1. The van der Waals surface area contributed by atoms with Crippen molar-refractivity contribution in [2.45, 2.75) is 20.4 Å². The van der Waals surface area contributed by atoms with Gasteiger partial charge in [0.2, 0.25) is 5.95 Å². The molecular weight excluding hydrogens is 427 g/mol. The summed E-state index contributed by atoms with van der Waals surface area (Å²) in [5.41, 5.74) is 0.759. The van der Waals surface area contributed by atoms with Gasteiger partial charge in [0.05, 0.1) is 16.6 Å². The van der Waals surface area contributed by atoms with Gasteiger partial charge in [0.1, 0.15) is 0 Å². The van der Waals surface area contributed by atoms with E-state index in [0.29, 0.717) is 40.2 Å². The first-order chi connectivity index (χ1) is 14.3. The summed E-state index contributed by atoms with van der Waals surface area (Å²) in [4.78, 5) is 32.2. The number of fused-ring (bicyclic) bond motifs is 1. The number of aryl methyl sites for hydroxylation is 1. The lowest BCUT2D eigenvalue weighted by atomic mass is 10.2. The van der Waals surface area contributed by atoms with Gasteiger partial charge in [-0.15, -0.1) is 0 Å². The van der Waals surface area contributed by atoms with Crippen LogP contribution in [0.25, 0.3) is 11.2 Å². The van der Waals surface area contributed by atoms with Gasteiger partial charge in [0.15, 0.2) is 11.2 Å². The van der Waals surface area contributed by atoms with Gasteiger partial charge in [-0.1, -0.05) is 43.1 Å². The van der Waals surface area contributed by atoms with Gasteiger partial charge in [-0.25, -0.2) is 4.79 Å². The summed E-state index contributed by atoms with van der Waals surface area (Å²) in [6, 6.07) is 5.34. The highest BCUT2D eigenvalue weighted by Crippen LogP contribution is 2.24. The highest BCUT2D eigenvalue weighted by molar-refractivity contribution is 6.42. The van der Waals surface area contributed by atoms with Gasteiger partial charge in [-0.3, -0.25) is 18.5 Å². The number of hydrogen-bond acceptors (Lipinski definition) is 5. The van der Waals surface area contributed by atoms with E-state index in [0.717, 1.165) is 29.8 Å². The first-order valence-corrected chi connectivity index (χ1v) is 10.6. The maximum atomic E-state index is 12.9. The zero-order valence-electron chi connectivity index (χ0n) is 17.6. The molecule has 0 unspecified atom stereocenters. The first-order valence-electron chi connectivity index (χ1n) is 9.84. The second-order valence-corrected chi connectivity index (χ2v) is 7.92. The van der Waals surface area contributed by atoms with Gasteiger partial charge in [-0.05, 0) is 30.8 Å². The number of nitrogens with one attached hydrogen (secondary N) is 1. The van der Waals surface area contributed by atoms with Crippen molar-refractivity contribution in [2.24, 2.45) is 14.1 Å². The SMILES string of the molecule is CCN(CC)CCNc1nc2c(c(=O)n(C)c(=O)n2C)n1Cc1ccc(Cl)c(Cl)c1. The summed E-state index contributed by atoms with van der Waals surface area (Å²) in [5.74, 6) is 0.529. The number of nitrogens with zero attached hydrogens (tertiary/aromatic N) is 5. The molecule has 0 aliphatic carbocycles. The van der Waals surface area contributed by atoms with Gasteiger partial charge >= 0.3 is 5.69 Å². The number of anilines is 1. The van der Waals surface area contributed by atoms with Crippen LogP contribution in [-0.4, -0.2) is 49.8 Å². The molecular formula is C20H26Cl2N6O2. The van der Waals surface area contributed by atoms with Crippen LogP contribution in [0.4, 0.5) is 5.95 Å². The monoisotopic (exact) mass is 452 g/mol. The van der Waals surface area contributed by atoms with Crippen molar-refractivity contribution >= 4 is 40.3 Å². The Morgan fingerprint density at radius 3 is 2.40 bits per heavy atom. The molecule has 0 aliphatic rings. The Balaban J connectivity index is 2.09. The van der Waals surface area contributed by atoms with Crippen LogP contribution in [-0.2, 0) is 20.6 Å². The van der Waals surface area contributed by atoms with Gasteiger partial charge in [0, 0.05) is 27.2 Å². The van der Waals surface area contributed by atoms with Crippen LogP contribution in [0.5, 0.6) is 0 Å². The molecule has 162 valence electrons. The number of benzene rings is 1. The lowest BCUT2D eigenvalue weighted by Crippen LogP contribution is -2.37. The smallest absolute Gasteiger partial charge is 0.332 e. The quantitative estimate of drug-likeness (QED) is 0.568. The standard InChI is InChI=1S/C20H26Cl2N6O2/c1-5-27(6-2)10-9-23-19-24-17-16(18(29)26(4)20(30)25(17)3)28(19)12-13-7-8-14(21)15(22)11-13/h7-8,11H,5-6,9-10,12H2,1-4H3,(H,23,24). The van der Waals surface area contributed by atoms with Crippen LogP contribution >= 0.6 is 23.2 Å². The van der Waals surface area contributed by atoms with E-state index < -0.39 is 11.2 Å². The second kappa shape index (κ2) is 9.24. The molecule has 10 heteroatoms. The van der Waals surface area contributed by atoms with E-state index in [9.17, 15) is 9.59 Å². The molecule has 3 aromatic rings. The molecule has 0 saturated carbocycles. The van der Waals surface area contributed by atoms with Crippen LogP contribution < -0.4 is 16.6 Å². The van der Waals surface area contributed by atoms with Crippen LogP contribution in [0.15, 0.2) is 27.8 Å². The molecule has 1 N–H and O–H groups in total. The summed E-state index contributed by atoms with van der Waals surface area (Å²) < 4.78 is 4.27. The summed E-state index contributed by atoms with van der Waals surface area (Å²) >= 11 is 12.2. The van der Waals surface area contributed by atoms with Crippen LogP contribution in [0, 0.1) is 0 Å². The van der Waals surface area contributed by atoms with Crippen molar-refractivity contribution in [1.82, 2.24) is 23.6 Å². The predicted molar refractivity (Wildman–Crippen MR) is 122 cm³/mol. The highest BCUT2D eigenvalue weighted by Gasteiger charge is 2.19. The summed E-state index contributed by atoms with van der Waals surface area (Å²) in [6.45, 7) is 7.97. The molecule has 1 aromatic carbocycles. The Kier molecular flexibility index (Phi) is 6.90. The molecule has 0 amide bonds. The average molecular weight is 453 g/mol. The van der Waals surface area contributed by atoms with Crippen molar-refractivity contribution in [1.29, 1.82) is 0 Å². The van der Waals surface area contributed by atoms with Gasteiger partial charge < -0.3 is 10.2 Å². The highest BCUT2D eigenvalue weighted by atomic mass is 35.5. The third-order valence-corrected chi connectivity index (χ3v) is 6.02. The van der Waals surface area contributed by atoms with E-state index >= 15 is 0 Å². The van der Waals surface area contributed by atoms with E-state index in [1.807, 2.05) is 6.07 Å². The minimum Gasteiger partial charge on any atom is -0.354 e. The summed E-state index contributed by atoms with van der Waals surface area (Å²) in [5, 5.41) is 4.23. The fourth-order valence-electron chi connectivity index (χ4n) is 3.42. The molecule has 2 aromatic heterocycles. The van der Waals surface area contributed by atoms with E-state index in [-0.39, 0.29) is 0 Å². The summed E-state index contributed by atoms with van der Waals surface area (Å²) in [6.07, 6.45) is 0. The molecule has 2 heterocycles. The molecule has 0 spiro atoms. The topological polar surface area (TPSA) is 77.1 Å². The first kappa shape index (κ1) is 22.4. The summed E-state index contributed by atoms with van der Waals surface area (Å²) in [7, 11) is 3.08. The zero-order chi connectivity index (χ0) is 22.0. The minimum absolute atomic E-state index is 0.341. The lowest BCUT2D eigenvalue weighted by Gasteiger charge is -2.18. The molecule has 0 fully saturated rings. The fourth-order valence-corrected chi connectivity index (χ4v) is 3.74. The van der Waals surface area contributed by atoms with E-state index in [1.165, 1.54) is 11.6 Å². The van der Waals surface area contributed by atoms with E-state index in [1.54, 1.807) is 23.7 Å². The number of hydrogen-bond donors (Lipinski definition) is 1. The molecule has 8 nitrogen and oxygen atoms in total. The molecule has 0 aliphatic heterocycles. The third-order valence-electron chi connectivity index (χ3n) is 5.28. The number of halogens is 2. The number of imidazole rings is 1. The normalized spacial score (nSPS) is 11.6. The maximum Gasteiger partial charge on any atom is 0.332 e. The van der Waals surface area contributed by atoms with Crippen molar-refractivity contribution in [2.75, 3.05) is 31.5 Å². The average Bonchev–Trinajstić information content (AvgIpc) is 3.09. The molecule has 0 radical (unpaired) electrons. The zero-order valence-corrected chi connectivity index (χ0v) is 19.1. The Hall–Kier alpha value is -2.29. The predicted octanol–water partition coefficient (Wildman–Crippen LogP) is 2.54. The van der Waals surface area contributed by atoms with Gasteiger partial charge in [-0.2, -0.15) is 4.98 Å². The van der Waals surface area contributed by atoms with Crippen LogP contribution in [0.2, 0.25) is 10.0 Å². The molecule has 30 heavy (non-hydrogen) atoms. The largest absolute Gasteiger partial charge is 0.354 e. The number of rotatable bonds is 8. The Bertz CT molecular complexity index is 1180. The van der Waals surface area contributed by atoms with Crippen molar-refractivity contribution in [3.05, 3.63) is 54.6 Å². The Morgan fingerprint density at radius 1 is 1.07 bits per heavy atom. The molecule has 0 saturated heterocycles. The number of aromatic nitrogens is 4. The van der Waals surface area contributed by atoms with Crippen molar-refractivity contribution in [3.8, 4) is 0 Å². The molecule has 0 bridgehead atoms. The maximum absolute atomic E-state index is 12.9. The van der Waals surface area contributed by atoms with Gasteiger partial charge in [0.25, 0.3) is 5.56 Å². The Labute approximate surface area is 184 Å². The van der Waals surface area contributed by atoms with Crippen molar-refractivity contribution in [3.63, 3.8) is 0 Å². The Morgan fingerprint density at radius 2 is 1.77 bits per heavy atom.